The highest BCUT2D eigenvalue weighted by Crippen LogP contribution is 2.42. The molecule has 1 fully saturated rings. The zero-order chi connectivity index (χ0) is 25.4. The molecule has 1 amide bonds. The first-order valence-corrected chi connectivity index (χ1v) is 13.9. The van der Waals surface area contributed by atoms with Gasteiger partial charge in [0.2, 0.25) is 5.91 Å². The number of carbonyl (C=O) groups is 2. The van der Waals surface area contributed by atoms with Gasteiger partial charge in [0, 0.05) is 38.0 Å². The maximum Gasteiger partial charge on any atom is 0.308 e. The van der Waals surface area contributed by atoms with Crippen molar-refractivity contribution in [3.05, 3.63) is 29.3 Å². The lowest BCUT2D eigenvalue weighted by Crippen LogP contribution is -2.45. The number of benzene rings is 1. The lowest BCUT2D eigenvalue weighted by atomic mass is 9.81. The van der Waals surface area contributed by atoms with Gasteiger partial charge >= 0.3 is 5.97 Å². The van der Waals surface area contributed by atoms with E-state index < -0.39 is 11.9 Å². The standard InChI is InChI=1S/C29H46N2O4/c1-5-8-14-30(15-9-6-2)27(32)20-31-19-24(22-11-12-26-23(18-22)13-16-35-26)28(29(33)34)25(31)17-21(4)10-7-3/h11-12,18,21,24-25,28H,5-10,13-17,19-20H2,1-4H3,(H,33,34)/t21?,24-,25+,28-/m1/s1. The molecule has 1 aromatic rings. The van der Waals surface area contributed by atoms with Crippen LogP contribution in [0.4, 0.5) is 0 Å². The minimum atomic E-state index is -0.746. The van der Waals surface area contributed by atoms with E-state index in [2.05, 4.69) is 38.7 Å². The smallest absolute Gasteiger partial charge is 0.308 e. The quantitative estimate of drug-likeness (QED) is 0.384. The van der Waals surface area contributed by atoms with Crippen LogP contribution in [0, 0.1) is 11.8 Å². The maximum absolute atomic E-state index is 13.5. The molecule has 6 heteroatoms. The normalized spacial score (nSPS) is 22.6. The van der Waals surface area contributed by atoms with E-state index in [-0.39, 0.29) is 17.9 Å². The second-order valence-electron chi connectivity index (χ2n) is 10.7. The number of likely N-dealkylation sites (tertiary alicyclic amines) is 1. The van der Waals surface area contributed by atoms with Crippen LogP contribution in [0.2, 0.25) is 0 Å². The zero-order valence-electron chi connectivity index (χ0n) is 22.3. The number of ether oxygens (including phenoxy) is 1. The second-order valence-corrected chi connectivity index (χ2v) is 10.7. The second kappa shape index (κ2) is 13.3. The van der Waals surface area contributed by atoms with Crippen molar-refractivity contribution in [3.8, 4) is 5.75 Å². The van der Waals surface area contributed by atoms with Gasteiger partial charge in [0.1, 0.15) is 5.75 Å². The summed E-state index contributed by atoms with van der Waals surface area (Å²) in [5.74, 6) is 0.109. The van der Waals surface area contributed by atoms with E-state index in [4.69, 9.17) is 4.74 Å². The first-order valence-electron chi connectivity index (χ1n) is 13.9. The minimum Gasteiger partial charge on any atom is -0.493 e. The van der Waals surface area contributed by atoms with Gasteiger partial charge in [-0.15, -0.1) is 0 Å². The first-order chi connectivity index (χ1) is 16.9. The molecule has 35 heavy (non-hydrogen) atoms. The summed E-state index contributed by atoms with van der Waals surface area (Å²) in [6.45, 7) is 11.9. The van der Waals surface area contributed by atoms with Gasteiger partial charge in [-0.2, -0.15) is 0 Å². The predicted octanol–water partition coefficient (Wildman–Crippen LogP) is 5.35. The Hall–Kier alpha value is -2.08. The molecule has 2 heterocycles. The molecule has 0 radical (unpaired) electrons. The summed E-state index contributed by atoms with van der Waals surface area (Å²) < 4.78 is 5.68. The Morgan fingerprint density at radius 3 is 2.49 bits per heavy atom. The van der Waals surface area contributed by atoms with Crippen LogP contribution >= 0.6 is 0 Å². The number of carboxylic acids is 1. The predicted molar refractivity (Wildman–Crippen MR) is 140 cm³/mol. The molecule has 4 atom stereocenters. The number of carboxylic acid groups (broad SMARTS) is 1. The van der Waals surface area contributed by atoms with Gasteiger partial charge in [-0.05, 0) is 42.4 Å². The van der Waals surface area contributed by atoms with Crippen LogP contribution in [0.25, 0.3) is 0 Å². The summed E-state index contributed by atoms with van der Waals surface area (Å²) in [5, 5.41) is 10.4. The fourth-order valence-electron chi connectivity index (χ4n) is 5.92. The lowest BCUT2D eigenvalue weighted by molar-refractivity contribution is -0.144. The molecule has 6 nitrogen and oxygen atoms in total. The monoisotopic (exact) mass is 486 g/mol. The molecule has 1 N–H and O–H groups in total. The third-order valence-electron chi connectivity index (χ3n) is 7.85. The third kappa shape index (κ3) is 6.99. The first kappa shape index (κ1) is 27.5. The average Bonchev–Trinajstić information content (AvgIpc) is 3.43. The topological polar surface area (TPSA) is 70.1 Å². The van der Waals surface area contributed by atoms with Gasteiger partial charge in [0.05, 0.1) is 19.1 Å². The number of fused-ring (bicyclic) bond motifs is 1. The molecule has 0 bridgehead atoms. The number of amides is 1. The molecule has 2 aliphatic heterocycles. The van der Waals surface area contributed by atoms with E-state index in [1.807, 2.05) is 17.0 Å². The lowest BCUT2D eigenvalue weighted by Gasteiger charge is -2.31. The zero-order valence-corrected chi connectivity index (χ0v) is 22.3. The highest BCUT2D eigenvalue weighted by atomic mass is 16.5. The number of hydrogen-bond acceptors (Lipinski definition) is 4. The van der Waals surface area contributed by atoms with Crippen LogP contribution in [0.5, 0.6) is 5.75 Å². The molecule has 0 saturated carbocycles. The Bertz CT molecular complexity index is 834. The van der Waals surface area contributed by atoms with Gasteiger partial charge in [-0.25, -0.2) is 0 Å². The molecule has 0 aliphatic carbocycles. The number of rotatable bonds is 14. The largest absolute Gasteiger partial charge is 0.493 e. The molecular weight excluding hydrogens is 440 g/mol. The molecule has 1 saturated heterocycles. The van der Waals surface area contributed by atoms with Crippen molar-refractivity contribution in [2.75, 3.05) is 32.8 Å². The van der Waals surface area contributed by atoms with Crippen molar-refractivity contribution in [1.82, 2.24) is 9.80 Å². The summed E-state index contributed by atoms with van der Waals surface area (Å²) in [7, 11) is 0. The number of carbonyl (C=O) groups excluding carboxylic acids is 1. The Morgan fingerprint density at radius 1 is 1.14 bits per heavy atom. The highest BCUT2D eigenvalue weighted by Gasteiger charge is 2.47. The summed E-state index contributed by atoms with van der Waals surface area (Å²) in [6, 6.07) is 6.05. The number of aliphatic carboxylic acids is 1. The Labute approximate surface area is 212 Å². The fourth-order valence-corrected chi connectivity index (χ4v) is 5.92. The van der Waals surface area contributed by atoms with Crippen molar-refractivity contribution >= 4 is 11.9 Å². The van der Waals surface area contributed by atoms with Crippen LogP contribution in [-0.2, 0) is 16.0 Å². The Balaban J connectivity index is 1.86. The van der Waals surface area contributed by atoms with Gasteiger partial charge < -0.3 is 14.7 Å². The van der Waals surface area contributed by atoms with Gasteiger partial charge in [0.25, 0.3) is 0 Å². The third-order valence-corrected chi connectivity index (χ3v) is 7.85. The van der Waals surface area contributed by atoms with Crippen molar-refractivity contribution in [3.63, 3.8) is 0 Å². The molecular formula is C29H46N2O4. The number of unbranched alkanes of at least 4 members (excludes halogenated alkanes) is 2. The SMILES string of the molecule is CCCCN(CCCC)C(=O)CN1C[C@H](c2ccc3c(c2)CCO3)[C@@H](C(=O)O)[C@@H]1CC(C)CCC. The summed E-state index contributed by atoms with van der Waals surface area (Å²) in [4.78, 5) is 30.3. The van der Waals surface area contributed by atoms with E-state index in [9.17, 15) is 14.7 Å². The maximum atomic E-state index is 13.5. The molecule has 0 spiro atoms. The van der Waals surface area contributed by atoms with Crippen LogP contribution < -0.4 is 4.74 Å². The van der Waals surface area contributed by atoms with Crippen LogP contribution in [0.15, 0.2) is 18.2 Å². The van der Waals surface area contributed by atoms with E-state index in [0.717, 1.165) is 75.8 Å². The summed E-state index contributed by atoms with van der Waals surface area (Å²) >= 11 is 0. The van der Waals surface area contributed by atoms with Crippen LogP contribution in [-0.4, -0.2) is 65.6 Å². The number of nitrogens with zero attached hydrogens (tertiary/aromatic N) is 2. The van der Waals surface area contributed by atoms with Gasteiger partial charge in [-0.1, -0.05) is 65.5 Å². The van der Waals surface area contributed by atoms with Crippen molar-refractivity contribution in [2.24, 2.45) is 11.8 Å². The summed E-state index contributed by atoms with van der Waals surface area (Å²) in [6.07, 6.45) is 7.96. The van der Waals surface area contributed by atoms with Crippen molar-refractivity contribution in [1.29, 1.82) is 0 Å². The van der Waals surface area contributed by atoms with E-state index in [1.54, 1.807) is 0 Å². The summed E-state index contributed by atoms with van der Waals surface area (Å²) in [5.41, 5.74) is 2.24. The molecule has 0 aromatic heterocycles. The van der Waals surface area contributed by atoms with E-state index in [0.29, 0.717) is 25.6 Å². The Kier molecular flexibility index (Phi) is 10.4. The van der Waals surface area contributed by atoms with Crippen molar-refractivity contribution < 1.29 is 19.4 Å². The van der Waals surface area contributed by atoms with Gasteiger partial charge in [0.15, 0.2) is 0 Å². The molecule has 1 unspecified atom stereocenters. The minimum absolute atomic E-state index is 0.121. The van der Waals surface area contributed by atoms with Crippen LogP contribution in [0.1, 0.15) is 89.7 Å². The number of hydrogen-bond donors (Lipinski definition) is 1. The highest BCUT2D eigenvalue weighted by molar-refractivity contribution is 5.79. The Morgan fingerprint density at radius 2 is 1.86 bits per heavy atom. The molecule has 1 aromatic carbocycles. The van der Waals surface area contributed by atoms with Crippen molar-refractivity contribution in [2.45, 2.75) is 91.0 Å². The van der Waals surface area contributed by atoms with E-state index >= 15 is 0 Å². The average molecular weight is 487 g/mol. The van der Waals surface area contributed by atoms with E-state index in [1.165, 1.54) is 5.56 Å². The van der Waals surface area contributed by atoms with Crippen LogP contribution in [0.3, 0.4) is 0 Å². The fraction of sp³-hybridized carbons (Fsp3) is 0.724. The molecule has 2 aliphatic rings. The van der Waals surface area contributed by atoms with Gasteiger partial charge in [-0.3, -0.25) is 14.5 Å². The molecule has 3 rings (SSSR count). The molecule has 196 valence electrons.